The zero-order valence-corrected chi connectivity index (χ0v) is 9.90. The van der Waals surface area contributed by atoms with Gasteiger partial charge in [-0.2, -0.15) is 0 Å². The second-order valence-electron chi connectivity index (χ2n) is 4.07. The molecule has 0 saturated carbocycles. The Kier molecular flexibility index (Phi) is 5.60. The minimum atomic E-state index is -1.27. The van der Waals surface area contributed by atoms with Crippen molar-refractivity contribution in [3.8, 4) is 0 Å². The van der Waals surface area contributed by atoms with E-state index in [1.165, 1.54) is 6.92 Å². The average molecular weight is 246 g/mol. The van der Waals surface area contributed by atoms with Crippen molar-refractivity contribution < 1.29 is 24.6 Å². The highest BCUT2D eigenvalue weighted by atomic mass is 16.4. The number of amides is 1. The summed E-state index contributed by atoms with van der Waals surface area (Å²) < 4.78 is 0. The van der Waals surface area contributed by atoms with E-state index in [2.05, 4.69) is 5.32 Å². The first kappa shape index (κ1) is 15.4. The summed E-state index contributed by atoms with van der Waals surface area (Å²) >= 11 is 0. The zero-order valence-electron chi connectivity index (χ0n) is 9.90. The molecule has 0 aliphatic rings. The van der Waals surface area contributed by atoms with Crippen LogP contribution in [0, 0.1) is 0 Å². The van der Waals surface area contributed by atoms with Crippen LogP contribution >= 0.6 is 0 Å². The molecule has 0 heterocycles. The lowest BCUT2D eigenvalue weighted by atomic mass is 9.98. The molecule has 0 spiro atoms. The Balaban J connectivity index is 4.50. The Morgan fingerprint density at radius 3 is 2.24 bits per heavy atom. The van der Waals surface area contributed by atoms with Crippen LogP contribution in [0.5, 0.6) is 0 Å². The average Bonchev–Trinajstić information content (AvgIpc) is 2.22. The van der Waals surface area contributed by atoms with Crippen LogP contribution in [0.3, 0.4) is 0 Å². The van der Waals surface area contributed by atoms with Gasteiger partial charge in [-0.3, -0.25) is 9.59 Å². The maximum absolute atomic E-state index is 11.6. The summed E-state index contributed by atoms with van der Waals surface area (Å²) in [4.78, 5) is 32.8. The molecule has 0 aliphatic heterocycles. The van der Waals surface area contributed by atoms with E-state index in [0.29, 0.717) is 6.42 Å². The van der Waals surface area contributed by atoms with Crippen LogP contribution in [0.15, 0.2) is 0 Å². The number of carboxylic acids is 2. The molecule has 0 saturated heterocycles. The van der Waals surface area contributed by atoms with Gasteiger partial charge in [0.15, 0.2) is 0 Å². The van der Waals surface area contributed by atoms with Crippen LogP contribution in [-0.2, 0) is 14.4 Å². The minimum absolute atomic E-state index is 0.170. The molecule has 0 fully saturated rings. The standard InChI is InChI=1S/C10H18N2O5/c1-3-10(2,11)9(17)12-6(8(15)16)4-5-7(13)14/h6H,3-5,11H2,1-2H3,(H,12,17)(H,13,14)(H,15,16). The van der Waals surface area contributed by atoms with E-state index < -0.39 is 29.4 Å². The second-order valence-corrected chi connectivity index (χ2v) is 4.07. The summed E-state index contributed by atoms with van der Waals surface area (Å²) in [6.45, 7) is 3.19. The molecule has 98 valence electrons. The first-order chi connectivity index (χ1) is 7.70. The first-order valence-electron chi connectivity index (χ1n) is 5.25. The summed E-state index contributed by atoms with van der Waals surface area (Å²) in [5.74, 6) is -2.99. The fraction of sp³-hybridized carbons (Fsp3) is 0.700. The Morgan fingerprint density at radius 1 is 1.35 bits per heavy atom. The van der Waals surface area contributed by atoms with Gasteiger partial charge in [0.25, 0.3) is 0 Å². The largest absolute Gasteiger partial charge is 0.481 e. The van der Waals surface area contributed by atoms with Crippen molar-refractivity contribution in [2.75, 3.05) is 0 Å². The number of carbonyl (C=O) groups is 3. The molecule has 0 aromatic rings. The first-order valence-corrected chi connectivity index (χ1v) is 5.25. The molecule has 5 N–H and O–H groups in total. The van der Waals surface area contributed by atoms with Crippen molar-refractivity contribution in [1.82, 2.24) is 5.32 Å². The summed E-state index contributed by atoms with van der Waals surface area (Å²) in [5, 5.41) is 19.5. The number of hydrogen-bond acceptors (Lipinski definition) is 4. The van der Waals surface area contributed by atoms with Gasteiger partial charge in [-0.05, 0) is 19.8 Å². The van der Waals surface area contributed by atoms with Crippen LogP contribution in [0.4, 0.5) is 0 Å². The van der Waals surface area contributed by atoms with Crippen LogP contribution in [0.2, 0.25) is 0 Å². The molecule has 7 heteroatoms. The normalized spacial score (nSPS) is 15.7. The third kappa shape index (κ3) is 5.30. The lowest BCUT2D eigenvalue weighted by molar-refractivity contribution is -0.143. The van der Waals surface area contributed by atoms with E-state index >= 15 is 0 Å². The van der Waals surface area contributed by atoms with Gasteiger partial charge in [-0.15, -0.1) is 0 Å². The van der Waals surface area contributed by atoms with Gasteiger partial charge in [-0.1, -0.05) is 6.92 Å². The van der Waals surface area contributed by atoms with Crippen molar-refractivity contribution in [2.24, 2.45) is 5.73 Å². The summed E-state index contributed by atoms with van der Waals surface area (Å²) in [6, 6.07) is -1.23. The van der Waals surface area contributed by atoms with Crippen LogP contribution in [-0.4, -0.2) is 39.6 Å². The Labute approximate surface area is 99.0 Å². The Hall–Kier alpha value is -1.63. The highest BCUT2D eigenvalue weighted by Gasteiger charge is 2.30. The Bertz CT molecular complexity index is 314. The van der Waals surface area contributed by atoms with Gasteiger partial charge in [0, 0.05) is 6.42 Å². The quantitative estimate of drug-likeness (QED) is 0.481. The predicted molar refractivity (Wildman–Crippen MR) is 59.3 cm³/mol. The second kappa shape index (κ2) is 6.19. The summed E-state index contributed by atoms with van der Waals surface area (Å²) in [5.41, 5.74) is 4.49. The van der Waals surface area contributed by atoms with E-state index in [0.717, 1.165) is 0 Å². The van der Waals surface area contributed by atoms with Gasteiger partial charge < -0.3 is 21.3 Å². The van der Waals surface area contributed by atoms with E-state index in [-0.39, 0.29) is 12.8 Å². The number of nitrogens with one attached hydrogen (secondary N) is 1. The highest BCUT2D eigenvalue weighted by Crippen LogP contribution is 2.06. The molecular formula is C10H18N2O5. The van der Waals surface area contributed by atoms with Gasteiger partial charge >= 0.3 is 11.9 Å². The lowest BCUT2D eigenvalue weighted by Crippen LogP contribution is -2.55. The predicted octanol–water partition coefficient (Wildman–Crippen LogP) is -0.452. The van der Waals surface area contributed by atoms with Crippen LogP contribution in [0.25, 0.3) is 0 Å². The maximum Gasteiger partial charge on any atom is 0.326 e. The van der Waals surface area contributed by atoms with Crippen molar-refractivity contribution in [2.45, 2.75) is 44.7 Å². The molecule has 2 unspecified atom stereocenters. The molecule has 17 heavy (non-hydrogen) atoms. The molecule has 0 bridgehead atoms. The van der Waals surface area contributed by atoms with Gasteiger partial charge in [0.05, 0.1) is 5.54 Å². The van der Waals surface area contributed by atoms with Crippen molar-refractivity contribution in [1.29, 1.82) is 0 Å². The fourth-order valence-corrected chi connectivity index (χ4v) is 1.01. The van der Waals surface area contributed by atoms with Crippen molar-refractivity contribution in [3.63, 3.8) is 0 Å². The molecule has 0 radical (unpaired) electrons. The molecule has 7 nitrogen and oxygen atoms in total. The van der Waals surface area contributed by atoms with E-state index in [4.69, 9.17) is 15.9 Å². The molecule has 0 aliphatic carbocycles. The van der Waals surface area contributed by atoms with E-state index in [1.54, 1.807) is 6.92 Å². The zero-order chi connectivity index (χ0) is 13.6. The third-order valence-electron chi connectivity index (χ3n) is 2.50. The third-order valence-corrected chi connectivity index (χ3v) is 2.50. The molecule has 0 rings (SSSR count). The number of rotatable bonds is 7. The monoisotopic (exact) mass is 246 g/mol. The van der Waals surface area contributed by atoms with Crippen molar-refractivity contribution >= 4 is 17.8 Å². The smallest absolute Gasteiger partial charge is 0.326 e. The van der Waals surface area contributed by atoms with Crippen LogP contribution in [0.1, 0.15) is 33.1 Å². The maximum atomic E-state index is 11.6. The topological polar surface area (TPSA) is 130 Å². The van der Waals surface area contributed by atoms with Gasteiger partial charge in [0.1, 0.15) is 6.04 Å². The van der Waals surface area contributed by atoms with E-state index in [1.807, 2.05) is 0 Å². The highest BCUT2D eigenvalue weighted by molar-refractivity contribution is 5.89. The van der Waals surface area contributed by atoms with E-state index in [9.17, 15) is 14.4 Å². The number of carbonyl (C=O) groups excluding carboxylic acids is 1. The lowest BCUT2D eigenvalue weighted by Gasteiger charge is -2.24. The van der Waals surface area contributed by atoms with Gasteiger partial charge in [0.2, 0.25) is 5.91 Å². The van der Waals surface area contributed by atoms with Gasteiger partial charge in [-0.25, -0.2) is 4.79 Å². The number of carboxylic acid groups (broad SMARTS) is 2. The number of aliphatic carboxylic acids is 2. The minimum Gasteiger partial charge on any atom is -0.481 e. The molecular weight excluding hydrogens is 228 g/mol. The molecule has 1 amide bonds. The summed E-state index contributed by atoms with van der Waals surface area (Å²) in [6.07, 6.45) is -0.148. The Morgan fingerprint density at radius 2 is 1.88 bits per heavy atom. The molecule has 0 aromatic carbocycles. The summed E-state index contributed by atoms with van der Waals surface area (Å²) in [7, 11) is 0. The SMILES string of the molecule is CCC(C)(N)C(=O)NC(CCC(=O)O)C(=O)O. The molecule has 0 aromatic heterocycles. The molecule has 2 atom stereocenters. The van der Waals surface area contributed by atoms with Crippen LogP contribution < -0.4 is 11.1 Å². The number of nitrogens with two attached hydrogens (primary N) is 1. The van der Waals surface area contributed by atoms with Crippen molar-refractivity contribution in [3.05, 3.63) is 0 Å². The number of hydrogen-bond donors (Lipinski definition) is 4. The fourth-order valence-electron chi connectivity index (χ4n) is 1.01.